The van der Waals surface area contributed by atoms with E-state index in [-0.39, 0.29) is 0 Å². The van der Waals surface area contributed by atoms with Crippen molar-refractivity contribution >= 4 is 11.3 Å². The monoisotopic (exact) mass is 262 g/mol. The highest BCUT2D eigenvalue weighted by atomic mass is 32.1. The lowest BCUT2D eigenvalue weighted by Gasteiger charge is -2.06. The molecule has 1 N–H and O–H groups in total. The van der Waals surface area contributed by atoms with Crippen molar-refractivity contribution < 1.29 is 4.74 Å². The first kappa shape index (κ1) is 13.1. The van der Waals surface area contributed by atoms with Gasteiger partial charge in [-0.1, -0.05) is 19.1 Å². The maximum atomic E-state index is 5.54. The van der Waals surface area contributed by atoms with Gasteiger partial charge in [-0.05, 0) is 24.1 Å². The van der Waals surface area contributed by atoms with E-state index in [1.165, 1.54) is 5.56 Å². The lowest BCUT2D eigenvalue weighted by atomic mass is 10.2. The van der Waals surface area contributed by atoms with Crippen LogP contribution in [0.5, 0.6) is 5.75 Å². The minimum Gasteiger partial charge on any atom is -0.494 e. The zero-order valence-corrected chi connectivity index (χ0v) is 11.4. The molecule has 0 aliphatic heterocycles. The van der Waals surface area contributed by atoms with Crippen LogP contribution in [0.3, 0.4) is 0 Å². The normalized spacial score (nSPS) is 10.5. The first-order valence-corrected chi connectivity index (χ1v) is 7.12. The highest BCUT2D eigenvalue weighted by Gasteiger charge is 1.97. The number of ether oxygens (including phenoxy) is 1. The van der Waals surface area contributed by atoms with Crippen LogP contribution in [0.1, 0.15) is 24.6 Å². The maximum absolute atomic E-state index is 5.54. The molecule has 0 radical (unpaired) electrons. The molecule has 0 fully saturated rings. The fourth-order valence-corrected chi connectivity index (χ4v) is 2.14. The van der Waals surface area contributed by atoms with Gasteiger partial charge in [-0.2, -0.15) is 0 Å². The van der Waals surface area contributed by atoms with E-state index in [4.69, 9.17) is 4.74 Å². The molecule has 0 saturated heterocycles. The summed E-state index contributed by atoms with van der Waals surface area (Å²) in [5.41, 5.74) is 4.22. The molecule has 0 saturated carbocycles. The molecular weight excluding hydrogens is 244 g/mol. The van der Waals surface area contributed by atoms with Crippen LogP contribution in [-0.2, 0) is 13.1 Å². The van der Waals surface area contributed by atoms with Gasteiger partial charge in [0.2, 0.25) is 0 Å². The first-order chi connectivity index (χ1) is 8.88. The summed E-state index contributed by atoms with van der Waals surface area (Å²) in [4.78, 5) is 4.23. The van der Waals surface area contributed by atoms with Gasteiger partial charge in [0.15, 0.2) is 0 Å². The average Bonchev–Trinajstić information content (AvgIpc) is 2.91. The Hall–Kier alpha value is -1.39. The number of nitrogens with one attached hydrogen (secondary N) is 1. The smallest absolute Gasteiger partial charge is 0.119 e. The number of benzene rings is 1. The van der Waals surface area contributed by atoms with Gasteiger partial charge in [0.25, 0.3) is 0 Å². The molecule has 0 aliphatic carbocycles. The summed E-state index contributed by atoms with van der Waals surface area (Å²) in [6.45, 7) is 4.56. The Bertz CT molecular complexity index is 439. The summed E-state index contributed by atoms with van der Waals surface area (Å²) in [7, 11) is 0. The fourth-order valence-electron chi connectivity index (χ4n) is 1.58. The molecule has 0 aliphatic rings. The van der Waals surface area contributed by atoms with Gasteiger partial charge in [-0.25, -0.2) is 4.98 Å². The van der Waals surface area contributed by atoms with Gasteiger partial charge >= 0.3 is 0 Å². The summed E-state index contributed by atoms with van der Waals surface area (Å²) in [6, 6.07) is 8.24. The van der Waals surface area contributed by atoms with Crippen LogP contribution in [0, 0.1) is 0 Å². The van der Waals surface area contributed by atoms with E-state index in [1.54, 1.807) is 11.3 Å². The predicted octanol–water partition coefficient (Wildman–Crippen LogP) is 3.22. The molecule has 1 heterocycles. The summed E-state index contributed by atoms with van der Waals surface area (Å²) in [5, 5.41) is 5.43. The highest BCUT2D eigenvalue weighted by molar-refractivity contribution is 7.07. The molecular formula is C14H18N2OS. The van der Waals surface area contributed by atoms with Gasteiger partial charge in [0, 0.05) is 18.5 Å². The molecule has 2 rings (SSSR count). The Morgan fingerprint density at radius 3 is 2.72 bits per heavy atom. The van der Waals surface area contributed by atoms with E-state index in [0.29, 0.717) is 0 Å². The molecule has 96 valence electrons. The van der Waals surface area contributed by atoms with Crippen LogP contribution in [0.15, 0.2) is 35.2 Å². The second-order valence-electron chi connectivity index (χ2n) is 4.08. The molecule has 4 heteroatoms. The first-order valence-electron chi connectivity index (χ1n) is 6.18. The van der Waals surface area contributed by atoms with Crippen molar-refractivity contribution in [1.29, 1.82) is 0 Å². The minimum atomic E-state index is 0.779. The largest absolute Gasteiger partial charge is 0.494 e. The van der Waals surface area contributed by atoms with Crippen molar-refractivity contribution in [2.24, 2.45) is 0 Å². The molecule has 0 bridgehead atoms. The molecule has 0 amide bonds. The van der Waals surface area contributed by atoms with E-state index < -0.39 is 0 Å². The molecule has 1 aromatic heterocycles. The maximum Gasteiger partial charge on any atom is 0.119 e. The van der Waals surface area contributed by atoms with Crippen LogP contribution >= 0.6 is 11.3 Å². The summed E-state index contributed by atoms with van der Waals surface area (Å²) < 4.78 is 5.54. The SMILES string of the molecule is CCCOc1ccc(CNCc2cscn2)cc1. The van der Waals surface area contributed by atoms with Crippen molar-refractivity contribution in [3.63, 3.8) is 0 Å². The molecule has 2 aromatic rings. The van der Waals surface area contributed by atoms with Crippen molar-refractivity contribution in [2.45, 2.75) is 26.4 Å². The molecule has 1 aromatic carbocycles. The van der Waals surface area contributed by atoms with Crippen LogP contribution in [0.2, 0.25) is 0 Å². The Morgan fingerprint density at radius 2 is 2.06 bits per heavy atom. The minimum absolute atomic E-state index is 0.779. The third-order valence-electron chi connectivity index (χ3n) is 2.51. The predicted molar refractivity (Wildman–Crippen MR) is 74.9 cm³/mol. The quantitative estimate of drug-likeness (QED) is 0.832. The second-order valence-corrected chi connectivity index (χ2v) is 4.79. The number of hydrogen-bond acceptors (Lipinski definition) is 4. The average molecular weight is 262 g/mol. The van der Waals surface area contributed by atoms with Crippen LogP contribution in [0.25, 0.3) is 0 Å². The number of thiazole rings is 1. The summed E-state index contributed by atoms with van der Waals surface area (Å²) in [6.07, 6.45) is 1.04. The van der Waals surface area contributed by atoms with Crippen LogP contribution < -0.4 is 10.1 Å². The van der Waals surface area contributed by atoms with E-state index in [1.807, 2.05) is 17.6 Å². The Morgan fingerprint density at radius 1 is 1.22 bits per heavy atom. The van der Waals surface area contributed by atoms with Gasteiger partial charge in [-0.15, -0.1) is 11.3 Å². The van der Waals surface area contributed by atoms with Gasteiger partial charge in [-0.3, -0.25) is 0 Å². The Kier molecular flexibility index (Phi) is 5.17. The molecule has 18 heavy (non-hydrogen) atoms. The number of hydrogen-bond donors (Lipinski definition) is 1. The zero-order chi connectivity index (χ0) is 12.6. The van der Waals surface area contributed by atoms with Crippen LogP contribution in [0.4, 0.5) is 0 Å². The van der Waals surface area contributed by atoms with Crippen molar-refractivity contribution in [3.8, 4) is 5.75 Å². The Balaban J connectivity index is 1.75. The van der Waals surface area contributed by atoms with Crippen molar-refractivity contribution in [3.05, 3.63) is 46.4 Å². The van der Waals surface area contributed by atoms with Crippen LogP contribution in [-0.4, -0.2) is 11.6 Å². The third-order valence-corrected chi connectivity index (χ3v) is 3.15. The lowest BCUT2D eigenvalue weighted by molar-refractivity contribution is 0.317. The van der Waals surface area contributed by atoms with Crippen molar-refractivity contribution in [2.75, 3.05) is 6.61 Å². The molecule has 0 unspecified atom stereocenters. The number of aromatic nitrogens is 1. The van der Waals surface area contributed by atoms with E-state index in [2.05, 4.69) is 34.7 Å². The summed E-state index contributed by atoms with van der Waals surface area (Å²) in [5.74, 6) is 0.945. The zero-order valence-electron chi connectivity index (χ0n) is 10.6. The molecule has 3 nitrogen and oxygen atoms in total. The lowest BCUT2D eigenvalue weighted by Crippen LogP contribution is -2.12. The molecule has 0 spiro atoms. The number of nitrogens with zero attached hydrogens (tertiary/aromatic N) is 1. The molecule has 0 atom stereocenters. The van der Waals surface area contributed by atoms with Gasteiger partial charge in [0.1, 0.15) is 5.75 Å². The van der Waals surface area contributed by atoms with E-state index in [0.717, 1.165) is 37.6 Å². The number of rotatable bonds is 7. The topological polar surface area (TPSA) is 34.1 Å². The Labute approximate surface area is 112 Å². The second kappa shape index (κ2) is 7.13. The fraction of sp³-hybridized carbons (Fsp3) is 0.357. The highest BCUT2D eigenvalue weighted by Crippen LogP contribution is 2.12. The van der Waals surface area contributed by atoms with E-state index >= 15 is 0 Å². The van der Waals surface area contributed by atoms with Crippen molar-refractivity contribution in [1.82, 2.24) is 10.3 Å². The van der Waals surface area contributed by atoms with Gasteiger partial charge in [0.05, 0.1) is 17.8 Å². The summed E-state index contributed by atoms with van der Waals surface area (Å²) >= 11 is 1.63. The van der Waals surface area contributed by atoms with Gasteiger partial charge < -0.3 is 10.1 Å². The van der Waals surface area contributed by atoms with E-state index in [9.17, 15) is 0 Å². The standard InChI is InChI=1S/C14H18N2OS/c1-2-7-17-14-5-3-12(4-6-14)8-15-9-13-10-18-11-16-13/h3-6,10-11,15H,2,7-9H2,1H3. The third kappa shape index (κ3) is 4.13.